The van der Waals surface area contributed by atoms with Gasteiger partial charge in [0, 0.05) is 24.1 Å². The van der Waals surface area contributed by atoms with Crippen LogP contribution >= 0.6 is 0 Å². The van der Waals surface area contributed by atoms with E-state index in [1.165, 1.54) is 5.56 Å². The van der Waals surface area contributed by atoms with Gasteiger partial charge in [-0.2, -0.15) is 0 Å². The fourth-order valence-electron chi connectivity index (χ4n) is 2.28. The Morgan fingerprint density at radius 3 is 2.21 bits per heavy atom. The number of nitrogens with zero attached hydrogens (tertiary/aromatic N) is 2. The number of hydrogen-bond donors (Lipinski definition) is 0. The van der Waals surface area contributed by atoms with E-state index in [-0.39, 0.29) is 16.5 Å². The Morgan fingerprint density at radius 1 is 1.05 bits per heavy atom. The highest BCUT2D eigenvalue weighted by Gasteiger charge is 2.23. The first-order chi connectivity index (χ1) is 8.62. The first-order valence-electron chi connectivity index (χ1n) is 6.63. The molecule has 0 aliphatic heterocycles. The first-order valence-corrected chi connectivity index (χ1v) is 6.63. The van der Waals surface area contributed by atoms with Gasteiger partial charge in [-0.25, -0.2) is 0 Å². The van der Waals surface area contributed by atoms with Crippen LogP contribution in [0.5, 0.6) is 0 Å². The van der Waals surface area contributed by atoms with Gasteiger partial charge in [0.25, 0.3) is 5.56 Å². The van der Waals surface area contributed by atoms with Gasteiger partial charge >= 0.3 is 0 Å². The van der Waals surface area contributed by atoms with Crippen molar-refractivity contribution in [2.24, 2.45) is 0 Å². The summed E-state index contributed by atoms with van der Waals surface area (Å²) in [6.07, 6.45) is 5.43. The van der Waals surface area contributed by atoms with Crippen molar-refractivity contribution in [3.63, 3.8) is 0 Å². The van der Waals surface area contributed by atoms with Crippen molar-refractivity contribution >= 4 is 10.8 Å². The average Bonchev–Trinajstić information content (AvgIpc) is 2.26. The molecule has 0 N–H and O–H groups in total. The van der Waals surface area contributed by atoms with E-state index >= 15 is 0 Å². The lowest BCUT2D eigenvalue weighted by atomic mass is 9.85. The third kappa shape index (κ3) is 2.42. The van der Waals surface area contributed by atoms with Gasteiger partial charge in [-0.15, -0.1) is 0 Å². The molecule has 0 radical (unpaired) electrons. The Bertz CT molecular complexity index is 670. The van der Waals surface area contributed by atoms with Gasteiger partial charge in [0.2, 0.25) is 0 Å². The zero-order valence-corrected chi connectivity index (χ0v) is 12.6. The van der Waals surface area contributed by atoms with E-state index in [2.05, 4.69) is 25.8 Å². The molecule has 3 heteroatoms. The molecule has 0 unspecified atom stereocenters. The normalized spacial score (nSPS) is 12.9. The van der Waals surface area contributed by atoms with E-state index in [9.17, 15) is 4.79 Å². The van der Waals surface area contributed by atoms with Crippen LogP contribution in [0.2, 0.25) is 0 Å². The SMILES string of the molecule is CC(C)(C)c1cn(C(C)(C)C)c(=O)c2cnccc12. The lowest BCUT2D eigenvalue weighted by Gasteiger charge is -2.28. The second-order valence-electron chi connectivity index (χ2n) is 7.06. The molecule has 0 fully saturated rings. The second kappa shape index (κ2) is 4.19. The molecule has 0 saturated carbocycles. The van der Waals surface area contributed by atoms with E-state index in [0.717, 1.165) is 5.39 Å². The summed E-state index contributed by atoms with van der Waals surface area (Å²) in [5, 5.41) is 1.71. The van der Waals surface area contributed by atoms with Crippen LogP contribution in [-0.4, -0.2) is 9.55 Å². The maximum absolute atomic E-state index is 12.6. The number of rotatable bonds is 0. The zero-order chi connectivity index (χ0) is 14.4. The molecule has 0 saturated heterocycles. The summed E-state index contributed by atoms with van der Waals surface area (Å²) in [6, 6.07) is 1.93. The third-order valence-electron chi connectivity index (χ3n) is 3.35. The van der Waals surface area contributed by atoms with E-state index in [1.807, 2.05) is 37.6 Å². The summed E-state index contributed by atoms with van der Waals surface area (Å²) < 4.78 is 1.82. The van der Waals surface area contributed by atoms with Gasteiger partial charge in [-0.3, -0.25) is 9.78 Å². The molecule has 2 aromatic rings. The van der Waals surface area contributed by atoms with Crippen LogP contribution in [0, 0.1) is 0 Å². The number of hydrogen-bond acceptors (Lipinski definition) is 2. The van der Waals surface area contributed by atoms with Crippen LogP contribution in [-0.2, 0) is 11.0 Å². The minimum absolute atomic E-state index is 0.0136. The van der Waals surface area contributed by atoms with Crippen molar-refractivity contribution in [3.05, 3.63) is 40.6 Å². The summed E-state index contributed by atoms with van der Waals surface area (Å²) in [5.74, 6) is 0. The van der Waals surface area contributed by atoms with Crippen molar-refractivity contribution in [3.8, 4) is 0 Å². The Hall–Kier alpha value is -1.64. The van der Waals surface area contributed by atoms with E-state index in [0.29, 0.717) is 5.39 Å². The third-order valence-corrected chi connectivity index (χ3v) is 3.35. The minimum Gasteiger partial charge on any atom is -0.309 e. The largest absolute Gasteiger partial charge is 0.309 e. The molecule has 0 bridgehead atoms. The van der Waals surface area contributed by atoms with Crippen LogP contribution in [0.15, 0.2) is 29.5 Å². The predicted octanol–water partition coefficient (Wildman–Crippen LogP) is 3.45. The number of fused-ring (bicyclic) bond motifs is 1. The summed E-state index contributed by atoms with van der Waals surface area (Å²) in [7, 11) is 0. The lowest BCUT2D eigenvalue weighted by Crippen LogP contribution is -2.35. The molecule has 2 aromatic heterocycles. The maximum atomic E-state index is 12.6. The quantitative estimate of drug-likeness (QED) is 0.725. The molecule has 102 valence electrons. The summed E-state index contributed by atoms with van der Waals surface area (Å²) in [6.45, 7) is 12.6. The van der Waals surface area contributed by atoms with E-state index in [1.54, 1.807) is 12.4 Å². The Balaban J connectivity index is 2.97. The molecule has 2 heterocycles. The van der Waals surface area contributed by atoms with E-state index < -0.39 is 0 Å². The van der Waals surface area contributed by atoms with Crippen LogP contribution in [0.3, 0.4) is 0 Å². The van der Waals surface area contributed by atoms with E-state index in [4.69, 9.17) is 0 Å². The second-order valence-corrected chi connectivity index (χ2v) is 7.06. The molecule has 0 aliphatic carbocycles. The molecule has 0 amide bonds. The Labute approximate surface area is 114 Å². The fraction of sp³-hybridized carbons (Fsp3) is 0.500. The van der Waals surface area contributed by atoms with Crippen LogP contribution in [0.25, 0.3) is 10.8 Å². The molecular weight excluding hydrogens is 236 g/mol. The summed E-state index contributed by atoms with van der Waals surface area (Å²) in [4.78, 5) is 16.7. The standard InChI is InChI=1S/C16H22N2O/c1-15(2,3)13-10-18(16(4,5)6)14(19)12-9-17-8-7-11(12)13/h7-10H,1-6H3. The van der Waals surface area contributed by atoms with Crippen molar-refractivity contribution in [1.82, 2.24) is 9.55 Å². The smallest absolute Gasteiger partial charge is 0.260 e. The molecule has 3 nitrogen and oxygen atoms in total. The highest BCUT2D eigenvalue weighted by Crippen LogP contribution is 2.29. The van der Waals surface area contributed by atoms with Gasteiger partial charge in [0.05, 0.1) is 5.39 Å². The van der Waals surface area contributed by atoms with Gasteiger partial charge in [0.1, 0.15) is 0 Å². The highest BCUT2D eigenvalue weighted by molar-refractivity contribution is 5.84. The Kier molecular flexibility index (Phi) is 3.04. The first kappa shape index (κ1) is 13.8. The van der Waals surface area contributed by atoms with Crippen molar-refractivity contribution in [2.45, 2.75) is 52.5 Å². The van der Waals surface area contributed by atoms with Gasteiger partial charge in [-0.1, -0.05) is 20.8 Å². The summed E-state index contributed by atoms with van der Waals surface area (Å²) >= 11 is 0. The van der Waals surface area contributed by atoms with Gasteiger partial charge in [0.15, 0.2) is 0 Å². The zero-order valence-electron chi connectivity index (χ0n) is 12.6. The molecule has 0 spiro atoms. The van der Waals surface area contributed by atoms with Gasteiger partial charge in [-0.05, 0) is 43.2 Å². The molecule has 0 aromatic carbocycles. The number of aromatic nitrogens is 2. The fourth-order valence-corrected chi connectivity index (χ4v) is 2.28. The molecule has 0 atom stereocenters. The predicted molar refractivity (Wildman–Crippen MR) is 79.7 cm³/mol. The number of pyridine rings is 2. The minimum atomic E-state index is -0.235. The maximum Gasteiger partial charge on any atom is 0.260 e. The highest BCUT2D eigenvalue weighted by atomic mass is 16.1. The van der Waals surface area contributed by atoms with Crippen molar-refractivity contribution in [1.29, 1.82) is 0 Å². The van der Waals surface area contributed by atoms with Crippen LogP contribution in [0.4, 0.5) is 0 Å². The Morgan fingerprint density at radius 2 is 1.68 bits per heavy atom. The average molecular weight is 258 g/mol. The van der Waals surface area contributed by atoms with Crippen molar-refractivity contribution in [2.75, 3.05) is 0 Å². The van der Waals surface area contributed by atoms with Gasteiger partial charge < -0.3 is 4.57 Å². The molecule has 0 aliphatic rings. The molecule has 2 rings (SSSR count). The van der Waals surface area contributed by atoms with Crippen LogP contribution in [0.1, 0.15) is 47.1 Å². The van der Waals surface area contributed by atoms with Crippen molar-refractivity contribution < 1.29 is 0 Å². The monoisotopic (exact) mass is 258 g/mol. The van der Waals surface area contributed by atoms with Crippen LogP contribution < -0.4 is 5.56 Å². The topological polar surface area (TPSA) is 34.9 Å². The lowest BCUT2D eigenvalue weighted by molar-refractivity contribution is 0.382. The molecular formula is C16H22N2O. The summed E-state index contributed by atoms with van der Waals surface area (Å²) in [5.41, 5.74) is 0.963. The molecule has 19 heavy (non-hydrogen) atoms.